The van der Waals surface area contributed by atoms with Crippen molar-refractivity contribution in [2.45, 2.75) is 32.6 Å². The average molecular weight is 426 g/mol. The number of ether oxygens (including phenoxy) is 2. The van der Waals surface area contributed by atoms with Crippen LogP contribution in [0.5, 0.6) is 11.5 Å². The van der Waals surface area contributed by atoms with Crippen molar-refractivity contribution in [1.82, 2.24) is 5.32 Å². The molecule has 0 aliphatic rings. The summed E-state index contributed by atoms with van der Waals surface area (Å²) in [5, 5.41) is 14.2. The van der Waals surface area contributed by atoms with Crippen LogP contribution in [-0.4, -0.2) is 18.3 Å². The molecule has 158 valence electrons. The SMILES string of the molecule is CCCOc1ccc(C(O)CNCc2ccc(OCc3ccccc3)cc2)cc1Cl. The Morgan fingerprint density at radius 2 is 1.70 bits per heavy atom. The Morgan fingerprint density at radius 1 is 0.933 bits per heavy atom. The van der Waals surface area contributed by atoms with E-state index in [4.69, 9.17) is 21.1 Å². The van der Waals surface area contributed by atoms with Crippen molar-refractivity contribution < 1.29 is 14.6 Å². The molecule has 30 heavy (non-hydrogen) atoms. The molecule has 2 N–H and O–H groups in total. The van der Waals surface area contributed by atoms with Crippen LogP contribution in [0.2, 0.25) is 5.02 Å². The zero-order chi connectivity index (χ0) is 21.2. The van der Waals surface area contributed by atoms with Crippen LogP contribution in [0.3, 0.4) is 0 Å². The highest BCUT2D eigenvalue weighted by Crippen LogP contribution is 2.28. The number of hydrogen-bond donors (Lipinski definition) is 2. The Hall–Kier alpha value is -2.53. The van der Waals surface area contributed by atoms with Crippen LogP contribution in [-0.2, 0) is 13.2 Å². The topological polar surface area (TPSA) is 50.7 Å². The number of nitrogens with one attached hydrogen (secondary N) is 1. The summed E-state index contributed by atoms with van der Waals surface area (Å²) in [5.74, 6) is 1.49. The molecule has 0 aliphatic heterocycles. The number of hydrogen-bond acceptors (Lipinski definition) is 4. The van der Waals surface area contributed by atoms with Gasteiger partial charge in [-0.25, -0.2) is 0 Å². The summed E-state index contributed by atoms with van der Waals surface area (Å²) in [6.07, 6.45) is 0.279. The molecule has 5 heteroatoms. The van der Waals surface area contributed by atoms with Gasteiger partial charge in [0, 0.05) is 13.1 Å². The Labute approximate surface area is 183 Å². The maximum Gasteiger partial charge on any atom is 0.137 e. The van der Waals surface area contributed by atoms with Gasteiger partial charge in [0.05, 0.1) is 17.7 Å². The monoisotopic (exact) mass is 425 g/mol. The van der Waals surface area contributed by atoms with Gasteiger partial charge in [0.15, 0.2) is 0 Å². The summed E-state index contributed by atoms with van der Waals surface area (Å²) < 4.78 is 11.4. The highest BCUT2D eigenvalue weighted by atomic mass is 35.5. The first-order chi connectivity index (χ1) is 14.7. The molecule has 0 amide bonds. The van der Waals surface area contributed by atoms with Crippen LogP contribution in [0, 0.1) is 0 Å². The first kappa shape index (κ1) is 22.2. The van der Waals surface area contributed by atoms with E-state index >= 15 is 0 Å². The molecule has 0 saturated carbocycles. The number of aliphatic hydroxyl groups excluding tert-OH is 1. The first-order valence-corrected chi connectivity index (χ1v) is 10.6. The van der Waals surface area contributed by atoms with Crippen LogP contribution in [0.4, 0.5) is 0 Å². The van der Waals surface area contributed by atoms with Crippen molar-refractivity contribution in [3.63, 3.8) is 0 Å². The van der Waals surface area contributed by atoms with E-state index in [-0.39, 0.29) is 0 Å². The van der Waals surface area contributed by atoms with Gasteiger partial charge in [0.2, 0.25) is 0 Å². The molecule has 0 fully saturated rings. The molecule has 0 heterocycles. The summed E-state index contributed by atoms with van der Waals surface area (Å²) in [7, 11) is 0. The third-order valence-electron chi connectivity index (χ3n) is 4.64. The second-order valence-electron chi connectivity index (χ2n) is 7.10. The molecule has 0 spiro atoms. The van der Waals surface area contributed by atoms with Gasteiger partial charge in [-0.15, -0.1) is 0 Å². The molecule has 1 unspecified atom stereocenters. The van der Waals surface area contributed by atoms with E-state index in [1.807, 2.05) is 73.7 Å². The minimum atomic E-state index is -0.642. The fourth-order valence-corrected chi connectivity index (χ4v) is 3.21. The van der Waals surface area contributed by atoms with E-state index in [2.05, 4.69) is 5.32 Å². The Kier molecular flexibility index (Phi) is 8.57. The minimum absolute atomic E-state index is 0.428. The van der Waals surface area contributed by atoms with Crippen LogP contribution < -0.4 is 14.8 Å². The summed E-state index contributed by atoms with van der Waals surface area (Å²) in [4.78, 5) is 0. The lowest BCUT2D eigenvalue weighted by Gasteiger charge is -2.14. The molecular weight excluding hydrogens is 398 g/mol. The van der Waals surface area contributed by atoms with Crippen molar-refractivity contribution in [2.24, 2.45) is 0 Å². The van der Waals surface area contributed by atoms with Crippen LogP contribution in [0.15, 0.2) is 72.8 Å². The predicted octanol–water partition coefficient (Wildman–Crippen LogP) is 5.53. The van der Waals surface area contributed by atoms with E-state index in [9.17, 15) is 5.11 Å². The maximum atomic E-state index is 10.4. The van der Waals surface area contributed by atoms with E-state index in [1.165, 1.54) is 0 Å². The fraction of sp³-hybridized carbons (Fsp3) is 0.280. The Morgan fingerprint density at radius 3 is 2.40 bits per heavy atom. The van der Waals surface area contributed by atoms with Crippen molar-refractivity contribution in [1.29, 1.82) is 0 Å². The highest BCUT2D eigenvalue weighted by molar-refractivity contribution is 6.32. The molecule has 3 aromatic carbocycles. The van der Waals surface area contributed by atoms with Gasteiger partial charge < -0.3 is 19.9 Å². The number of halogens is 1. The van der Waals surface area contributed by atoms with Gasteiger partial charge in [-0.05, 0) is 47.4 Å². The minimum Gasteiger partial charge on any atom is -0.492 e. The third kappa shape index (κ3) is 6.77. The molecule has 0 radical (unpaired) electrons. The van der Waals surface area contributed by atoms with Crippen LogP contribution in [0.25, 0.3) is 0 Å². The quantitative estimate of drug-likeness (QED) is 0.424. The zero-order valence-corrected chi connectivity index (χ0v) is 17.9. The Bertz CT molecular complexity index is 900. The summed E-state index contributed by atoms with van der Waals surface area (Å²) in [6.45, 7) is 4.30. The van der Waals surface area contributed by atoms with Gasteiger partial charge >= 0.3 is 0 Å². The van der Waals surface area contributed by atoms with Crippen molar-refractivity contribution in [3.8, 4) is 11.5 Å². The normalized spacial score (nSPS) is 11.8. The van der Waals surface area contributed by atoms with Gasteiger partial charge in [0.1, 0.15) is 18.1 Å². The van der Waals surface area contributed by atoms with Crippen molar-refractivity contribution in [2.75, 3.05) is 13.2 Å². The van der Waals surface area contributed by atoms with Crippen LogP contribution >= 0.6 is 11.6 Å². The lowest BCUT2D eigenvalue weighted by molar-refractivity contribution is 0.174. The van der Waals surface area contributed by atoms with Crippen molar-refractivity contribution >= 4 is 11.6 Å². The van der Waals surface area contributed by atoms with Gasteiger partial charge in [0.25, 0.3) is 0 Å². The lowest BCUT2D eigenvalue weighted by atomic mass is 10.1. The molecule has 0 aromatic heterocycles. The van der Waals surface area contributed by atoms with Gasteiger partial charge in [-0.2, -0.15) is 0 Å². The fourth-order valence-electron chi connectivity index (χ4n) is 2.97. The van der Waals surface area contributed by atoms with E-state index in [0.717, 1.165) is 28.9 Å². The molecule has 1 atom stereocenters. The maximum absolute atomic E-state index is 10.4. The van der Waals surface area contributed by atoms with E-state index in [0.29, 0.717) is 37.1 Å². The number of rotatable bonds is 11. The van der Waals surface area contributed by atoms with E-state index in [1.54, 1.807) is 6.07 Å². The second kappa shape index (κ2) is 11.6. The summed E-state index contributed by atoms with van der Waals surface area (Å²) in [6, 6.07) is 23.5. The third-order valence-corrected chi connectivity index (χ3v) is 4.94. The molecular formula is C25H28ClNO3. The molecule has 3 aromatic rings. The number of benzene rings is 3. The Balaban J connectivity index is 1.43. The molecule has 0 bridgehead atoms. The zero-order valence-electron chi connectivity index (χ0n) is 17.2. The molecule has 0 aliphatic carbocycles. The average Bonchev–Trinajstić information content (AvgIpc) is 2.78. The summed E-state index contributed by atoms with van der Waals surface area (Å²) >= 11 is 6.25. The molecule has 4 nitrogen and oxygen atoms in total. The highest BCUT2D eigenvalue weighted by Gasteiger charge is 2.10. The van der Waals surface area contributed by atoms with Gasteiger partial charge in [-0.3, -0.25) is 0 Å². The van der Waals surface area contributed by atoms with Crippen molar-refractivity contribution in [3.05, 3.63) is 94.5 Å². The lowest BCUT2D eigenvalue weighted by Crippen LogP contribution is -2.21. The van der Waals surface area contributed by atoms with E-state index < -0.39 is 6.10 Å². The molecule has 0 saturated heterocycles. The number of aliphatic hydroxyl groups is 1. The summed E-state index contributed by atoms with van der Waals surface area (Å²) in [5.41, 5.74) is 3.03. The standard InChI is InChI=1S/C25H28ClNO3/c1-2-14-29-25-13-10-21(15-23(25)26)24(28)17-27-16-19-8-11-22(12-9-19)30-18-20-6-4-3-5-7-20/h3-13,15,24,27-28H,2,14,16-18H2,1H3. The first-order valence-electron chi connectivity index (χ1n) is 10.2. The molecule has 3 rings (SSSR count). The predicted molar refractivity (Wildman–Crippen MR) is 121 cm³/mol. The second-order valence-corrected chi connectivity index (χ2v) is 7.51. The van der Waals surface area contributed by atoms with Gasteiger partial charge in [-0.1, -0.05) is 67.1 Å². The smallest absolute Gasteiger partial charge is 0.137 e. The van der Waals surface area contributed by atoms with Crippen LogP contribution in [0.1, 0.15) is 36.1 Å². The largest absolute Gasteiger partial charge is 0.492 e.